The van der Waals surface area contributed by atoms with Gasteiger partial charge in [-0.1, -0.05) is 60.7 Å². The van der Waals surface area contributed by atoms with Crippen LogP contribution in [0.3, 0.4) is 0 Å². The van der Waals surface area contributed by atoms with Crippen molar-refractivity contribution >= 4 is 33.8 Å². The first-order chi connectivity index (χ1) is 17.5. The third-order valence-electron chi connectivity index (χ3n) is 5.18. The number of nitrogens with one attached hydrogen (secondary N) is 2. The van der Waals surface area contributed by atoms with E-state index in [1.807, 2.05) is 24.3 Å². The van der Waals surface area contributed by atoms with Crippen LogP contribution in [-0.2, 0) is 11.3 Å². The Balaban J connectivity index is 1.54. The molecule has 7 heteroatoms. The summed E-state index contributed by atoms with van der Waals surface area (Å²) in [5.41, 5.74) is 1.44. The van der Waals surface area contributed by atoms with Gasteiger partial charge in [0.25, 0.3) is 11.8 Å². The van der Waals surface area contributed by atoms with E-state index < -0.39 is 17.6 Å². The molecule has 0 saturated heterocycles. The number of ether oxygens (including phenoxy) is 1. The summed E-state index contributed by atoms with van der Waals surface area (Å²) in [6.45, 7) is -0.0250. The van der Waals surface area contributed by atoms with Gasteiger partial charge < -0.3 is 15.4 Å². The van der Waals surface area contributed by atoms with Gasteiger partial charge in [0.15, 0.2) is 0 Å². The maximum absolute atomic E-state index is 14.0. The van der Waals surface area contributed by atoms with Crippen molar-refractivity contribution < 1.29 is 18.7 Å². The van der Waals surface area contributed by atoms with Crippen LogP contribution in [0.25, 0.3) is 6.08 Å². The fourth-order valence-electron chi connectivity index (χ4n) is 3.31. The first-order valence-electron chi connectivity index (χ1n) is 11.1. The van der Waals surface area contributed by atoms with Crippen LogP contribution in [0.15, 0.2) is 113 Å². The predicted molar refractivity (Wildman–Crippen MR) is 141 cm³/mol. The monoisotopic (exact) mass is 544 g/mol. The topological polar surface area (TPSA) is 67.4 Å². The molecule has 4 aromatic carbocycles. The summed E-state index contributed by atoms with van der Waals surface area (Å²) in [7, 11) is 0. The maximum atomic E-state index is 14.0. The second-order valence-electron chi connectivity index (χ2n) is 7.75. The van der Waals surface area contributed by atoms with Crippen LogP contribution in [0.5, 0.6) is 11.5 Å². The first kappa shape index (κ1) is 24.9. The van der Waals surface area contributed by atoms with E-state index in [1.54, 1.807) is 78.9 Å². The van der Waals surface area contributed by atoms with Crippen LogP contribution in [0.2, 0.25) is 0 Å². The molecule has 4 aromatic rings. The molecular weight excluding hydrogens is 523 g/mol. The van der Waals surface area contributed by atoms with Crippen LogP contribution in [0.4, 0.5) is 4.39 Å². The van der Waals surface area contributed by atoms with E-state index in [0.29, 0.717) is 28.2 Å². The third-order valence-corrected chi connectivity index (χ3v) is 5.84. The zero-order chi connectivity index (χ0) is 25.3. The Kier molecular flexibility index (Phi) is 8.26. The number of carbonyl (C=O) groups is 2. The van der Waals surface area contributed by atoms with Crippen molar-refractivity contribution in [1.29, 1.82) is 0 Å². The van der Waals surface area contributed by atoms with Gasteiger partial charge in [-0.05, 0) is 70.0 Å². The average molecular weight is 545 g/mol. The Hall–Kier alpha value is -4.23. The lowest BCUT2D eigenvalue weighted by Gasteiger charge is -2.12. The number of halogens is 2. The van der Waals surface area contributed by atoms with Crippen molar-refractivity contribution in [3.05, 3.63) is 136 Å². The molecular formula is C29H22BrFN2O3. The van der Waals surface area contributed by atoms with Gasteiger partial charge in [0.1, 0.15) is 23.0 Å². The molecule has 0 aliphatic carbocycles. The molecule has 0 aliphatic heterocycles. The predicted octanol–water partition coefficient (Wildman–Crippen LogP) is 6.47. The molecule has 0 atom stereocenters. The number of rotatable bonds is 8. The molecule has 0 spiro atoms. The number of carbonyl (C=O) groups excluding carboxylic acids is 2. The summed E-state index contributed by atoms with van der Waals surface area (Å²) >= 11 is 3.45. The van der Waals surface area contributed by atoms with Crippen molar-refractivity contribution in [1.82, 2.24) is 10.6 Å². The Bertz CT molecular complexity index is 1390. The number of amides is 2. The second-order valence-corrected chi connectivity index (χ2v) is 8.61. The number of para-hydroxylation sites is 1. The molecule has 0 radical (unpaired) electrons. The standard InChI is InChI=1S/C29H22BrFN2O3/c30-24-11-5-7-13-27(24)36-23-16-14-20(15-17-23)18-26(33-28(34)21-8-2-1-3-9-21)29(35)32-19-22-10-4-6-12-25(22)31/h1-18H,19H2,(H,32,35)(H,33,34)/b26-18+. The molecule has 180 valence electrons. The highest BCUT2D eigenvalue weighted by atomic mass is 79.9. The molecule has 0 saturated carbocycles. The van der Waals surface area contributed by atoms with Gasteiger partial charge >= 0.3 is 0 Å². The Morgan fingerprint density at radius 3 is 2.22 bits per heavy atom. The summed E-state index contributed by atoms with van der Waals surface area (Å²) in [6.07, 6.45) is 1.56. The van der Waals surface area contributed by atoms with Gasteiger partial charge in [-0.2, -0.15) is 0 Å². The number of hydrogen-bond acceptors (Lipinski definition) is 3. The van der Waals surface area contributed by atoms with Gasteiger partial charge in [-0.3, -0.25) is 9.59 Å². The highest BCUT2D eigenvalue weighted by Gasteiger charge is 2.15. The van der Waals surface area contributed by atoms with E-state index in [9.17, 15) is 14.0 Å². The fourth-order valence-corrected chi connectivity index (χ4v) is 3.67. The summed E-state index contributed by atoms with van der Waals surface area (Å²) in [6, 6.07) is 29.3. The van der Waals surface area contributed by atoms with Crippen LogP contribution >= 0.6 is 15.9 Å². The summed E-state index contributed by atoms with van der Waals surface area (Å²) in [5, 5.41) is 5.35. The third kappa shape index (κ3) is 6.67. The number of benzene rings is 4. The average Bonchev–Trinajstić information content (AvgIpc) is 2.90. The van der Waals surface area contributed by atoms with E-state index in [-0.39, 0.29) is 12.2 Å². The molecule has 0 unspecified atom stereocenters. The van der Waals surface area contributed by atoms with E-state index in [2.05, 4.69) is 26.6 Å². The molecule has 5 nitrogen and oxygen atoms in total. The summed E-state index contributed by atoms with van der Waals surface area (Å²) in [5.74, 6) is -0.118. The molecule has 0 bridgehead atoms. The SMILES string of the molecule is O=C(NCc1ccccc1F)/C(=C\c1ccc(Oc2ccccc2Br)cc1)NC(=O)c1ccccc1. The van der Waals surface area contributed by atoms with Crippen molar-refractivity contribution in [2.45, 2.75) is 6.54 Å². The van der Waals surface area contributed by atoms with E-state index in [4.69, 9.17) is 4.74 Å². The summed E-state index contributed by atoms with van der Waals surface area (Å²) in [4.78, 5) is 25.7. The lowest BCUT2D eigenvalue weighted by Crippen LogP contribution is -2.34. The molecule has 2 N–H and O–H groups in total. The molecule has 0 aromatic heterocycles. The second kappa shape index (κ2) is 12.0. The van der Waals surface area contributed by atoms with Gasteiger partial charge in [0, 0.05) is 17.7 Å². The molecule has 0 aliphatic rings. The first-order valence-corrected chi connectivity index (χ1v) is 11.9. The maximum Gasteiger partial charge on any atom is 0.268 e. The Labute approximate surface area is 216 Å². The van der Waals surface area contributed by atoms with Gasteiger partial charge in [-0.15, -0.1) is 0 Å². The minimum absolute atomic E-state index is 0.0250. The van der Waals surface area contributed by atoms with Crippen LogP contribution in [0.1, 0.15) is 21.5 Å². The number of hydrogen-bond donors (Lipinski definition) is 2. The normalized spacial score (nSPS) is 11.0. The smallest absolute Gasteiger partial charge is 0.268 e. The van der Waals surface area contributed by atoms with Crippen molar-refractivity contribution in [2.24, 2.45) is 0 Å². The van der Waals surface area contributed by atoms with Gasteiger partial charge in [0.2, 0.25) is 0 Å². The van der Waals surface area contributed by atoms with Gasteiger partial charge in [-0.25, -0.2) is 4.39 Å². The minimum atomic E-state index is -0.545. The van der Waals surface area contributed by atoms with Crippen molar-refractivity contribution in [3.63, 3.8) is 0 Å². The van der Waals surface area contributed by atoms with Crippen molar-refractivity contribution in [3.8, 4) is 11.5 Å². The molecule has 4 rings (SSSR count). The zero-order valence-corrected chi connectivity index (χ0v) is 20.7. The Morgan fingerprint density at radius 1 is 0.833 bits per heavy atom. The quantitative estimate of drug-likeness (QED) is 0.250. The molecule has 36 heavy (non-hydrogen) atoms. The fraction of sp³-hybridized carbons (Fsp3) is 0.0345. The largest absolute Gasteiger partial charge is 0.456 e. The lowest BCUT2D eigenvalue weighted by atomic mass is 10.1. The zero-order valence-electron chi connectivity index (χ0n) is 19.1. The van der Waals surface area contributed by atoms with Crippen molar-refractivity contribution in [2.75, 3.05) is 0 Å². The molecule has 2 amide bonds. The molecule has 0 fully saturated rings. The lowest BCUT2D eigenvalue weighted by molar-refractivity contribution is -0.117. The van der Waals surface area contributed by atoms with E-state index >= 15 is 0 Å². The summed E-state index contributed by atoms with van der Waals surface area (Å²) < 4.78 is 20.7. The van der Waals surface area contributed by atoms with E-state index in [1.165, 1.54) is 6.07 Å². The van der Waals surface area contributed by atoms with E-state index in [0.717, 1.165) is 4.47 Å². The minimum Gasteiger partial charge on any atom is -0.456 e. The highest BCUT2D eigenvalue weighted by Crippen LogP contribution is 2.29. The van der Waals surface area contributed by atoms with Crippen LogP contribution in [-0.4, -0.2) is 11.8 Å². The van der Waals surface area contributed by atoms with Crippen LogP contribution < -0.4 is 15.4 Å². The Morgan fingerprint density at radius 2 is 1.50 bits per heavy atom. The highest BCUT2D eigenvalue weighted by molar-refractivity contribution is 9.10. The van der Waals surface area contributed by atoms with Crippen LogP contribution in [0, 0.1) is 5.82 Å². The molecule has 0 heterocycles. The van der Waals surface area contributed by atoms with Gasteiger partial charge in [0.05, 0.1) is 4.47 Å².